The third-order valence-corrected chi connectivity index (χ3v) is 9.41. The Morgan fingerprint density at radius 3 is 2.28 bits per heavy atom. The molecule has 0 radical (unpaired) electrons. The molecule has 2 aliphatic heterocycles. The maximum atomic E-state index is 12.8. The van der Waals surface area contributed by atoms with E-state index in [0.717, 1.165) is 0 Å². The van der Waals surface area contributed by atoms with Crippen molar-refractivity contribution in [2.75, 3.05) is 31.7 Å². The van der Waals surface area contributed by atoms with Crippen molar-refractivity contribution in [3.8, 4) is 5.75 Å². The van der Waals surface area contributed by atoms with Crippen LogP contribution in [-0.4, -0.2) is 76.9 Å². The zero-order chi connectivity index (χ0) is 23.5. The summed E-state index contributed by atoms with van der Waals surface area (Å²) >= 11 is 0. The van der Waals surface area contributed by atoms with E-state index in [1.165, 1.54) is 30.5 Å². The molecule has 0 unspecified atom stereocenters. The number of sulfone groups is 1. The average Bonchev–Trinajstić information content (AvgIpc) is 3.11. The van der Waals surface area contributed by atoms with Crippen molar-refractivity contribution in [2.45, 2.75) is 43.2 Å². The number of rotatable bonds is 7. The lowest BCUT2D eigenvalue weighted by Crippen LogP contribution is -2.44. The molecular weight excluding hydrogens is 460 g/mol. The number of hydrogen-bond acceptors (Lipinski definition) is 8. The summed E-state index contributed by atoms with van der Waals surface area (Å²) in [5, 5.41) is 2.60. The summed E-state index contributed by atoms with van der Waals surface area (Å²) in [7, 11) is -5.32. The van der Waals surface area contributed by atoms with Gasteiger partial charge in [-0.1, -0.05) is 0 Å². The standard InChI is InChI=1S/C20H28N2O8S2/c1-14(19(23)21-16-9-12-31(25,26)13-16)30-20(24)15-7-10-22(11-8-15)32(27,28)18-5-3-17(29-2)4-6-18/h3-6,14-16H,7-13H2,1-2H3,(H,21,23)/t14-,16-/m1/s1. The number of hydrogen-bond donors (Lipinski definition) is 1. The van der Waals surface area contributed by atoms with E-state index in [1.807, 2.05) is 0 Å². The van der Waals surface area contributed by atoms with Crippen molar-refractivity contribution in [3.63, 3.8) is 0 Å². The number of piperidine rings is 1. The SMILES string of the molecule is COc1ccc(S(=O)(=O)N2CCC(C(=O)O[C@H](C)C(=O)N[C@@H]3CCS(=O)(=O)C3)CC2)cc1. The van der Waals surface area contributed by atoms with Gasteiger partial charge in [-0.25, -0.2) is 16.8 Å². The lowest BCUT2D eigenvalue weighted by atomic mass is 9.98. The van der Waals surface area contributed by atoms with Crippen molar-refractivity contribution in [2.24, 2.45) is 5.92 Å². The third kappa shape index (κ3) is 5.78. The highest BCUT2D eigenvalue weighted by Crippen LogP contribution is 2.26. The Balaban J connectivity index is 1.49. The zero-order valence-corrected chi connectivity index (χ0v) is 19.7. The molecule has 10 nitrogen and oxygen atoms in total. The largest absolute Gasteiger partial charge is 0.497 e. The highest BCUT2D eigenvalue weighted by molar-refractivity contribution is 7.91. The third-order valence-electron chi connectivity index (χ3n) is 5.73. The Bertz CT molecular complexity index is 1050. The van der Waals surface area contributed by atoms with E-state index in [0.29, 0.717) is 12.2 Å². The lowest BCUT2D eigenvalue weighted by molar-refractivity contribution is -0.160. The van der Waals surface area contributed by atoms with Gasteiger partial charge in [0.25, 0.3) is 5.91 Å². The van der Waals surface area contributed by atoms with Gasteiger partial charge >= 0.3 is 5.97 Å². The molecule has 0 bridgehead atoms. The van der Waals surface area contributed by atoms with Crippen molar-refractivity contribution < 1.29 is 35.9 Å². The molecule has 2 saturated heterocycles. The molecule has 178 valence electrons. The van der Waals surface area contributed by atoms with Crippen LogP contribution in [0.5, 0.6) is 5.75 Å². The first-order valence-electron chi connectivity index (χ1n) is 10.4. The van der Waals surface area contributed by atoms with E-state index in [-0.39, 0.29) is 42.3 Å². The number of nitrogens with zero attached hydrogens (tertiary/aromatic N) is 1. The predicted octanol–water partition coefficient (Wildman–Crippen LogP) is 0.331. The maximum absolute atomic E-state index is 12.8. The minimum Gasteiger partial charge on any atom is -0.497 e. The minimum atomic E-state index is -3.68. The highest BCUT2D eigenvalue weighted by atomic mass is 32.2. The summed E-state index contributed by atoms with van der Waals surface area (Å²) in [4.78, 5) is 24.9. The van der Waals surface area contributed by atoms with Gasteiger partial charge in [-0.15, -0.1) is 0 Å². The second-order valence-electron chi connectivity index (χ2n) is 8.04. The number of methoxy groups -OCH3 is 1. The van der Waals surface area contributed by atoms with Crippen LogP contribution in [0.3, 0.4) is 0 Å². The van der Waals surface area contributed by atoms with Gasteiger partial charge in [0.1, 0.15) is 5.75 Å². The molecule has 1 amide bonds. The van der Waals surface area contributed by atoms with Crippen molar-refractivity contribution in [3.05, 3.63) is 24.3 Å². The molecule has 1 N–H and O–H groups in total. The number of carbonyl (C=O) groups excluding carboxylic acids is 2. The Morgan fingerprint density at radius 1 is 1.12 bits per heavy atom. The highest BCUT2D eigenvalue weighted by Gasteiger charge is 2.35. The number of sulfonamides is 1. The first-order chi connectivity index (χ1) is 15.0. The smallest absolute Gasteiger partial charge is 0.309 e. The van der Waals surface area contributed by atoms with E-state index in [4.69, 9.17) is 9.47 Å². The van der Waals surface area contributed by atoms with Gasteiger partial charge in [-0.3, -0.25) is 9.59 Å². The van der Waals surface area contributed by atoms with Gasteiger partial charge in [0, 0.05) is 19.1 Å². The normalized spacial score (nSPS) is 22.8. The maximum Gasteiger partial charge on any atom is 0.309 e. The Morgan fingerprint density at radius 2 is 1.75 bits per heavy atom. The van der Waals surface area contributed by atoms with E-state index in [9.17, 15) is 26.4 Å². The quantitative estimate of drug-likeness (QED) is 0.543. The summed E-state index contributed by atoms with van der Waals surface area (Å²) in [5.74, 6) is -1.14. The number of ether oxygens (including phenoxy) is 2. The molecule has 3 rings (SSSR count). The second kappa shape index (κ2) is 9.75. The van der Waals surface area contributed by atoms with Crippen molar-refractivity contribution >= 4 is 31.7 Å². The van der Waals surface area contributed by atoms with Crippen LogP contribution in [0, 0.1) is 5.92 Å². The molecule has 1 aromatic carbocycles. The molecule has 1 aromatic rings. The van der Waals surface area contributed by atoms with Crippen LogP contribution < -0.4 is 10.1 Å². The van der Waals surface area contributed by atoms with Gasteiger partial charge in [0.2, 0.25) is 10.0 Å². The minimum absolute atomic E-state index is 0.0319. The van der Waals surface area contributed by atoms with Gasteiger partial charge in [-0.2, -0.15) is 4.31 Å². The van der Waals surface area contributed by atoms with Crippen LogP contribution in [0.1, 0.15) is 26.2 Å². The fraction of sp³-hybridized carbons (Fsp3) is 0.600. The first-order valence-corrected chi connectivity index (χ1v) is 13.6. The van der Waals surface area contributed by atoms with Crippen LogP contribution in [-0.2, 0) is 34.2 Å². The first kappa shape index (κ1) is 24.5. The van der Waals surface area contributed by atoms with E-state index in [2.05, 4.69) is 5.32 Å². The molecule has 0 spiro atoms. The van der Waals surface area contributed by atoms with Crippen LogP contribution in [0.2, 0.25) is 0 Å². The summed E-state index contributed by atoms with van der Waals surface area (Å²) in [6.07, 6.45) is -0.158. The molecule has 0 aromatic heterocycles. The van der Waals surface area contributed by atoms with Gasteiger partial charge < -0.3 is 14.8 Å². The predicted molar refractivity (Wildman–Crippen MR) is 115 cm³/mol. The molecular formula is C20H28N2O8S2. The van der Waals surface area contributed by atoms with Crippen LogP contribution >= 0.6 is 0 Å². The monoisotopic (exact) mass is 488 g/mol. The number of benzene rings is 1. The fourth-order valence-corrected chi connectivity index (χ4v) is 6.92. The zero-order valence-electron chi connectivity index (χ0n) is 18.0. The average molecular weight is 489 g/mol. The van der Waals surface area contributed by atoms with Crippen LogP contribution in [0.25, 0.3) is 0 Å². The molecule has 2 aliphatic rings. The molecule has 32 heavy (non-hydrogen) atoms. The number of nitrogens with one attached hydrogen (secondary N) is 1. The summed E-state index contributed by atoms with van der Waals surface area (Å²) in [6, 6.07) is 5.63. The van der Waals surface area contributed by atoms with E-state index < -0.39 is 49.8 Å². The fourth-order valence-electron chi connectivity index (χ4n) is 3.78. The Hall–Kier alpha value is -2.18. The van der Waals surface area contributed by atoms with E-state index in [1.54, 1.807) is 12.1 Å². The molecule has 0 saturated carbocycles. The number of esters is 1. The van der Waals surface area contributed by atoms with Crippen LogP contribution in [0.4, 0.5) is 0 Å². The Labute approximate surface area is 188 Å². The molecule has 2 atom stereocenters. The second-order valence-corrected chi connectivity index (χ2v) is 12.2. The summed E-state index contributed by atoms with van der Waals surface area (Å²) in [5.41, 5.74) is 0. The van der Waals surface area contributed by atoms with E-state index >= 15 is 0 Å². The topological polar surface area (TPSA) is 136 Å². The van der Waals surface area contributed by atoms with Gasteiger partial charge in [-0.05, 0) is 50.5 Å². The van der Waals surface area contributed by atoms with Crippen molar-refractivity contribution in [1.29, 1.82) is 0 Å². The van der Waals surface area contributed by atoms with Gasteiger partial charge in [0.05, 0.1) is 29.4 Å². The molecule has 2 heterocycles. The van der Waals surface area contributed by atoms with Crippen molar-refractivity contribution in [1.82, 2.24) is 9.62 Å². The van der Waals surface area contributed by atoms with Gasteiger partial charge in [0.15, 0.2) is 15.9 Å². The number of amides is 1. The lowest BCUT2D eigenvalue weighted by Gasteiger charge is -2.30. The molecule has 2 fully saturated rings. The molecule has 0 aliphatic carbocycles. The Kier molecular flexibility index (Phi) is 7.46. The number of carbonyl (C=O) groups is 2. The summed E-state index contributed by atoms with van der Waals surface area (Å²) < 4.78 is 60.3. The summed E-state index contributed by atoms with van der Waals surface area (Å²) in [6.45, 7) is 1.75. The van der Waals surface area contributed by atoms with Crippen LogP contribution in [0.15, 0.2) is 29.2 Å². The molecule has 12 heteroatoms.